The van der Waals surface area contributed by atoms with Crippen molar-refractivity contribution in [1.29, 1.82) is 0 Å². The van der Waals surface area contributed by atoms with Crippen molar-refractivity contribution < 1.29 is 4.79 Å². The van der Waals surface area contributed by atoms with Gasteiger partial charge in [0.2, 0.25) is 0 Å². The number of nitrogens with one attached hydrogen (secondary N) is 2. The molecule has 21 heavy (non-hydrogen) atoms. The van der Waals surface area contributed by atoms with Crippen LogP contribution in [0.1, 0.15) is 30.1 Å². The molecule has 0 aromatic carbocycles. The van der Waals surface area contributed by atoms with Gasteiger partial charge in [-0.2, -0.15) is 0 Å². The molecule has 6 heteroatoms. The van der Waals surface area contributed by atoms with E-state index in [1.807, 2.05) is 6.92 Å². The zero-order valence-electron chi connectivity index (χ0n) is 12.7. The molecule has 1 saturated heterocycles. The Kier molecular flexibility index (Phi) is 5.82. The smallest absolute Gasteiger partial charge is 0.251 e. The number of pyridine rings is 1. The van der Waals surface area contributed by atoms with E-state index in [2.05, 4.69) is 27.6 Å². The van der Waals surface area contributed by atoms with E-state index in [0.29, 0.717) is 22.5 Å². The Hall–Kier alpha value is -1.33. The van der Waals surface area contributed by atoms with Gasteiger partial charge in [0.1, 0.15) is 11.0 Å². The summed E-state index contributed by atoms with van der Waals surface area (Å²) in [5, 5.41) is 6.41. The number of hydrogen-bond donors (Lipinski definition) is 2. The lowest BCUT2D eigenvalue weighted by molar-refractivity contribution is 0.0939. The summed E-state index contributed by atoms with van der Waals surface area (Å²) in [6, 6.07) is 3.34. The minimum absolute atomic E-state index is 0.0858. The highest BCUT2D eigenvalue weighted by Gasteiger charge is 2.18. The first-order valence-electron chi connectivity index (χ1n) is 7.46. The predicted molar refractivity (Wildman–Crippen MR) is 86.0 cm³/mol. The number of nitrogens with zero attached hydrogens (tertiary/aromatic N) is 2. The summed E-state index contributed by atoms with van der Waals surface area (Å²) in [6.07, 6.45) is 2.27. The van der Waals surface area contributed by atoms with Crippen LogP contribution in [0.3, 0.4) is 0 Å². The number of aromatic nitrogens is 1. The minimum atomic E-state index is -0.0858. The molecule has 0 spiro atoms. The Morgan fingerprint density at radius 1 is 1.43 bits per heavy atom. The molecule has 0 radical (unpaired) electrons. The molecule has 1 aromatic heterocycles. The van der Waals surface area contributed by atoms with Gasteiger partial charge < -0.3 is 15.5 Å². The zero-order valence-corrected chi connectivity index (χ0v) is 13.4. The van der Waals surface area contributed by atoms with Gasteiger partial charge in [0, 0.05) is 18.7 Å². The number of likely N-dealkylation sites (tertiary alicyclic amines) is 1. The molecule has 2 heterocycles. The Bertz CT molecular complexity index is 487. The molecular formula is C15H23ClN4O. The third-order valence-electron chi connectivity index (χ3n) is 3.80. The van der Waals surface area contributed by atoms with E-state index in [0.717, 1.165) is 39.0 Å². The van der Waals surface area contributed by atoms with Crippen LogP contribution in [0.2, 0.25) is 5.15 Å². The first-order chi connectivity index (χ1) is 10.1. The van der Waals surface area contributed by atoms with Gasteiger partial charge in [-0.15, -0.1) is 0 Å². The molecule has 0 aliphatic carbocycles. The van der Waals surface area contributed by atoms with Crippen LogP contribution < -0.4 is 10.6 Å². The fraction of sp³-hybridized carbons (Fsp3) is 0.600. The quantitative estimate of drug-likeness (QED) is 0.819. The molecule has 0 saturated carbocycles. The Morgan fingerprint density at radius 3 is 2.81 bits per heavy atom. The van der Waals surface area contributed by atoms with Gasteiger partial charge in [-0.25, -0.2) is 4.98 Å². The number of halogens is 1. The van der Waals surface area contributed by atoms with Crippen molar-refractivity contribution in [3.8, 4) is 0 Å². The van der Waals surface area contributed by atoms with Crippen LogP contribution in [0.25, 0.3) is 0 Å². The second-order valence-electron chi connectivity index (χ2n) is 5.55. The average molecular weight is 311 g/mol. The van der Waals surface area contributed by atoms with Crippen molar-refractivity contribution in [2.75, 3.05) is 38.5 Å². The highest BCUT2D eigenvalue weighted by molar-refractivity contribution is 6.29. The number of piperidine rings is 1. The number of carbonyl (C=O) groups is 1. The zero-order chi connectivity index (χ0) is 15.2. The van der Waals surface area contributed by atoms with Crippen LogP contribution >= 0.6 is 11.6 Å². The van der Waals surface area contributed by atoms with Crippen LogP contribution in [0.4, 0.5) is 5.82 Å². The van der Waals surface area contributed by atoms with Crippen LogP contribution in [0.15, 0.2) is 12.1 Å². The van der Waals surface area contributed by atoms with Gasteiger partial charge in [0.15, 0.2) is 0 Å². The second kappa shape index (κ2) is 7.61. The molecule has 0 atom stereocenters. The van der Waals surface area contributed by atoms with E-state index in [1.165, 1.54) is 0 Å². The molecule has 0 unspecified atom stereocenters. The van der Waals surface area contributed by atoms with E-state index < -0.39 is 0 Å². The molecule has 1 amide bonds. The second-order valence-corrected chi connectivity index (χ2v) is 5.94. The Balaban J connectivity index is 1.90. The highest BCUT2D eigenvalue weighted by Crippen LogP contribution is 2.17. The Morgan fingerprint density at radius 2 is 2.14 bits per heavy atom. The maximum atomic E-state index is 12.2. The largest absolute Gasteiger partial charge is 0.370 e. The Labute approximate surface area is 131 Å². The maximum absolute atomic E-state index is 12.2. The molecular weight excluding hydrogens is 288 g/mol. The van der Waals surface area contributed by atoms with Gasteiger partial charge >= 0.3 is 0 Å². The van der Waals surface area contributed by atoms with Crippen molar-refractivity contribution in [3.63, 3.8) is 0 Å². The summed E-state index contributed by atoms with van der Waals surface area (Å²) < 4.78 is 0. The average Bonchev–Trinajstić information content (AvgIpc) is 2.46. The normalized spacial score (nSPS) is 16.7. The van der Waals surface area contributed by atoms with Gasteiger partial charge in [-0.3, -0.25) is 4.79 Å². The molecule has 1 aliphatic rings. The van der Waals surface area contributed by atoms with Crippen molar-refractivity contribution >= 4 is 23.3 Å². The summed E-state index contributed by atoms with van der Waals surface area (Å²) >= 11 is 5.96. The SMILES string of the molecule is CCNc1cc(C(=O)NCC2CCN(C)CC2)cc(Cl)n1. The van der Waals surface area contributed by atoms with Crippen molar-refractivity contribution in [2.45, 2.75) is 19.8 Å². The fourth-order valence-electron chi connectivity index (χ4n) is 2.50. The number of carbonyl (C=O) groups excluding carboxylic acids is 1. The monoisotopic (exact) mass is 310 g/mol. The predicted octanol–water partition coefficient (Wildman–Crippen LogP) is 2.24. The molecule has 1 aliphatic heterocycles. The lowest BCUT2D eigenvalue weighted by atomic mass is 9.97. The third-order valence-corrected chi connectivity index (χ3v) is 4.00. The molecule has 2 N–H and O–H groups in total. The summed E-state index contributed by atoms with van der Waals surface area (Å²) in [4.78, 5) is 18.7. The van der Waals surface area contributed by atoms with E-state index in [4.69, 9.17) is 11.6 Å². The van der Waals surface area contributed by atoms with Gasteiger partial charge in [-0.05, 0) is 58.0 Å². The summed E-state index contributed by atoms with van der Waals surface area (Å²) in [7, 11) is 2.13. The summed E-state index contributed by atoms with van der Waals surface area (Å²) in [6.45, 7) is 5.65. The number of hydrogen-bond acceptors (Lipinski definition) is 4. The lowest BCUT2D eigenvalue weighted by Crippen LogP contribution is -2.36. The number of anilines is 1. The first-order valence-corrected chi connectivity index (χ1v) is 7.84. The molecule has 2 rings (SSSR count). The highest BCUT2D eigenvalue weighted by atomic mass is 35.5. The third kappa shape index (κ3) is 4.86. The molecule has 0 bridgehead atoms. The maximum Gasteiger partial charge on any atom is 0.251 e. The van der Waals surface area contributed by atoms with Crippen molar-refractivity contribution in [1.82, 2.24) is 15.2 Å². The summed E-state index contributed by atoms with van der Waals surface area (Å²) in [5.74, 6) is 1.11. The fourth-order valence-corrected chi connectivity index (χ4v) is 2.71. The van der Waals surface area contributed by atoms with Gasteiger partial charge in [0.05, 0.1) is 0 Å². The van der Waals surface area contributed by atoms with E-state index in [-0.39, 0.29) is 5.91 Å². The topological polar surface area (TPSA) is 57.3 Å². The van der Waals surface area contributed by atoms with Crippen molar-refractivity contribution in [2.24, 2.45) is 5.92 Å². The van der Waals surface area contributed by atoms with E-state index >= 15 is 0 Å². The van der Waals surface area contributed by atoms with E-state index in [1.54, 1.807) is 12.1 Å². The molecule has 1 aromatic rings. The van der Waals surface area contributed by atoms with Gasteiger partial charge in [0.25, 0.3) is 5.91 Å². The van der Waals surface area contributed by atoms with Gasteiger partial charge in [-0.1, -0.05) is 11.6 Å². The summed E-state index contributed by atoms with van der Waals surface area (Å²) in [5.41, 5.74) is 0.555. The number of amides is 1. The van der Waals surface area contributed by atoms with Crippen LogP contribution in [-0.4, -0.2) is 49.0 Å². The first kappa shape index (κ1) is 16.0. The van der Waals surface area contributed by atoms with E-state index in [9.17, 15) is 4.79 Å². The molecule has 1 fully saturated rings. The standard InChI is InChI=1S/C15H23ClN4O/c1-3-17-14-9-12(8-13(16)19-14)15(21)18-10-11-4-6-20(2)7-5-11/h8-9,11H,3-7,10H2,1-2H3,(H,17,19)(H,18,21). The molecule has 116 valence electrons. The molecule has 5 nitrogen and oxygen atoms in total. The van der Waals surface area contributed by atoms with Crippen LogP contribution in [0, 0.1) is 5.92 Å². The number of rotatable bonds is 5. The van der Waals surface area contributed by atoms with Crippen LogP contribution in [-0.2, 0) is 0 Å². The van der Waals surface area contributed by atoms with Crippen molar-refractivity contribution in [3.05, 3.63) is 22.8 Å². The lowest BCUT2D eigenvalue weighted by Gasteiger charge is -2.28. The minimum Gasteiger partial charge on any atom is -0.370 e. The van der Waals surface area contributed by atoms with Crippen LogP contribution in [0.5, 0.6) is 0 Å².